The minimum absolute atomic E-state index is 0.0895. The Kier molecular flexibility index (Phi) is 8.41. The van der Waals surface area contributed by atoms with E-state index in [9.17, 15) is 9.90 Å². The van der Waals surface area contributed by atoms with Gasteiger partial charge in [-0.2, -0.15) is 13.8 Å². The van der Waals surface area contributed by atoms with E-state index >= 15 is 8.78 Å². The number of hydrogen-bond acceptors (Lipinski definition) is 8. The second-order valence-electron chi connectivity index (χ2n) is 9.53. The molecule has 0 saturated carbocycles. The molecule has 0 atom stereocenters. The lowest BCUT2D eigenvalue weighted by Crippen LogP contribution is -2.38. The van der Waals surface area contributed by atoms with Crippen LogP contribution >= 0.6 is 0 Å². The number of carboxylic acids is 1. The van der Waals surface area contributed by atoms with Crippen molar-refractivity contribution in [3.63, 3.8) is 0 Å². The van der Waals surface area contributed by atoms with Crippen LogP contribution in [-0.4, -0.2) is 43.9 Å². The van der Waals surface area contributed by atoms with Gasteiger partial charge in [0.25, 0.3) is 11.8 Å². The Morgan fingerprint density at radius 2 is 1.59 bits per heavy atom. The number of nitrogens with one attached hydrogen (secondary N) is 1. The van der Waals surface area contributed by atoms with Crippen LogP contribution in [0.4, 0.5) is 14.5 Å². The van der Waals surface area contributed by atoms with Gasteiger partial charge in [0.05, 0.1) is 0 Å². The van der Waals surface area contributed by atoms with E-state index in [4.69, 9.17) is 20.6 Å². The monoisotopic (exact) mass is 562 g/mol. The zero-order chi connectivity index (χ0) is 29.8. The van der Waals surface area contributed by atoms with Gasteiger partial charge in [0.15, 0.2) is 5.82 Å². The van der Waals surface area contributed by atoms with Gasteiger partial charge < -0.3 is 25.2 Å². The number of hydrogen-bond donors (Lipinski definition) is 3. The van der Waals surface area contributed by atoms with Crippen molar-refractivity contribution in [2.75, 3.05) is 4.90 Å². The van der Waals surface area contributed by atoms with Gasteiger partial charge in [-0.05, 0) is 64.1 Å². The Labute approximate surface area is 234 Å². The van der Waals surface area contributed by atoms with Crippen molar-refractivity contribution in [3.8, 4) is 34.6 Å². The first-order chi connectivity index (χ1) is 19.5. The second kappa shape index (κ2) is 11.9. The molecule has 212 valence electrons. The van der Waals surface area contributed by atoms with E-state index in [1.54, 1.807) is 45.9 Å². The fraction of sp³-hybridized carbons (Fsp3) is 0.207. The molecule has 0 amide bonds. The number of benzene rings is 2. The molecule has 0 aliphatic rings. The maximum atomic E-state index is 16.0. The van der Waals surface area contributed by atoms with Crippen molar-refractivity contribution >= 4 is 17.5 Å². The molecule has 0 aliphatic carbocycles. The lowest BCUT2D eigenvalue weighted by molar-refractivity contribution is 0.0694. The fourth-order valence-corrected chi connectivity index (χ4v) is 4.28. The highest BCUT2D eigenvalue weighted by molar-refractivity contribution is 5.95. The van der Waals surface area contributed by atoms with E-state index < -0.39 is 35.1 Å². The summed E-state index contributed by atoms with van der Waals surface area (Å²) in [7, 11) is 0. The van der Waals surface area contributed by atoms with Gasteiger partial charge >= 0.3 is 5.97 Å². The normalized spacial score (nSPS) is 11.0. The summed E-state index contributed by atoms with van der Waals surface area (Å²) in [6, 6.07) is 11.1. The quantitative estimate of drug-likeness (QED) is 0.156. The molecule has 0 aliphatic heterocycles. The van der Waals surface area contributed by atoms with Crippen molar-refractivity contribution in [3.05, 3.63) is 83.7 Å². The van der Waals surface area contributed by atoms with E-state index in [0.29, 0.717) is 11.1 Å². The van der Waals surface area contributed by atoms with Crippen LogP contribution in [-0.2, 0) is 0 Å². The summed E-state index contributed by atoms with van der Waals surface area (Å²) in [6.45, 7) is 7.07. The predicted octanol–water partition coefficient (Wildman–Crippen LogP) is 6.01. The maximum absolute atomic E-state index is 16.0. The summed E-state index contributed by atoms with van der Waals surface area (Å²) in [4.78, 5) is 25.8. The third-order valence-corrected chi connectivity index (χ3v) is 5.97. The van der Waals surface area contributed by atoms with E-state index in [0.717, 1.165) is 0 Å². The predicted molar refractivity (Wildman–Crippen MR) is 149 cm³/mol. The summed E-state index contributed by atoms with van der Waals surface area (Å²) in [5, 5.41) is 17.5. The topological polar surface area (TPSA) is 148 Å². The van der Waals surface area contributed by atoms with Crippen molar-refractivity contribution in [1.29, 1.82) is 5.41 Å². The molecule has 2 aromatic heterocycles. The first-order valence-corrected chi connectivity index (χ1v) is 12.6. The number of anilines is 1. The van der Waals surface area contributed by atoms with Crippen LogP contribution in [0.2, 0.25) is 0 Å². The number of carbonyl (C=O) groups is 1. The Hall–Kier alpha value is -5.13. The molecule has 41 heavy (non-hydrogen) atoms. The zero-order valence-corrected chi connectivity index (χ0v) is 22.7. The van der Waals surface area contributed by atoms with E-state index in [2.05, 4.69) is 15.0 Å². The highest BCUT2D eigenvalue weighted by Crippen LogP contribution is 2.40. The molecule has 10 nitrogen and oxygen atoms in total. The van der Waals surface area contributed by atoms with Gasteiger partial charge in [-0.1, -0.05) is 12.1 Å². The molecule has 0 fully saturated rings. The third-order valence-electron chi connectivity index (χ3n) is 5.97. The van der Waals surface area contributed by atoms with Gasteiger partial charge in [-0.25, -0.2) is 14.8 Å². The van der Waals surface area contributed by atoms with Gasteiger partial charge in [0.1, 0.15) is 28.6 Å². The second-order valence-corrected chi connectivity index (χ2v) is 9.53. The molecule has 0 radical (unpaired) electrons. The molecular weight excluding hydrogens is 534 g/mol. The summed E-state index contributed by atoms with van der Waals surface area (Å²) in [5.74, 6) is -5.00. The van der Waals surface area contributed by atoms with Gasteiger partial charge in [0.2, 0.25) is 11.6 Å². The van der Waals surface area contributed by atoms with E-state index in [1.807, 2.05) is 0 Å². The molecule has 4 rings (SSSR count). The van der Waals surface area contributed by atoms with Crippen LogP contribution < -0.4 is 20.1 Å². The van der Waals surface area contributed by atoms with Crippen molar-refractivity contribution < 1.29 is 28.2 Å². The standard InChI is InChI=1S/C29H28F2N6O4/c1-15(2)37(16(3)4)24-22(30)27(40-19-8-5-7-17(13-19)25(32)33)36-28(23(24)31)41-21-10-9-18(14-20(21)29(38)39)26-34-11-6-12-35-26/h5-16H,1-4H3,(H3,32,33)(H,38,39). The lowest BCUT2D eigenvalue weighted by Gasteiger charge is -2.33. The van der Waals surface area contributed by atoms with E-state index in [-0.39, 0.29) is 40.8 Å². The summed E-state index contributed by atoms with van der Waals surface area (Å²) in [6.07, 6.45) is 3.02. The first kappa shape index (κ1) is 28.9. The zero-order valence-electron chi connectivity index (χ0n) is 22.7. The fourth-order valence-electron chi connectivity index (χ4n) is 4.28. The number of nitrogen functional groups attached to an aromatic ring is 1. The Morgan fingerprint density at radius 1 is 0.951 bits per heavy atom. The lowest BCUT2D eigenvalue weighted by atomic mass is 10.1. The number of rotatable bonds is 10. The van der Waals surface area contributed by atoms with Crippen LogP contribution in [0, 0.1) is 17.0 Å². The van der Waals surface area contributed by atoms with Crippen LogP contribution in [0.5, 0.6) is 23.3 Å². The third kappa shape index (κ3) is 6.21. The largest absolute Gasteiger partial charge is 0.478 e. The number of aromatic nitrogens is 3. The molecule has 0 bridgehead atoms. The van der Waals surface area contributed by atoms with Crippen LogP contribution in [0.25, 0.3) is 11.4 Å². The van der Waals surface area contributed by atoms with E-state index in [1.165, 1.54) is 47.6 Å². The number of nitrogens with two attached hydrogens (primary N) is 1. The molecule has 2 aromatic carbocycles. The molecule has 12 heteroatoms. The number of halogens is 2. The highest BCUT2D eigenvalue weighted by Gasteiger charge is 2.31. The molecule has 4 aromatic rings. The van der Waals surface area contributed by atoms with Gasteiger partial charge in [-0.3, -0.25) is 5.41 Å². The Balaban J connectivity index is 1.86. The SMILES string of the molecule is CC(C)N(c1c(F)c(Oc2cccc(C(=N)N)c2)nc(Oc2ccc(-c3ncccn3)cc2C(=O)O)c1F)C(C)C. The highest BCUT2D eigenvalue weighted by atomic mass is 19.1. The molecule has 2 heterocycles. The molecule has 0 saturated heterocycles. The average Bonchev–Trinajstić information content (AvgIpc) is 2.93. The Bertz CT molecular complexity index is 1590. The van der Waals surface area contributed by atoms with Crippen LogP contribution in [0.15, 0.2) is 60.9 Å². The summed E-state index contributed by atoms with van der Waals surface area (Å²) < 4.78 is 43.3. The minimum Gasteiger partial charge on any atom is -0.478 e. The smallest absolute Gasteiger partial charge is 0.339 e. The summed E-state index contributed by atoms with van der Waals surface area (Å²) >= 11 is 0. The van der Waals surface area contributed by atoms with Crippen molar-refractivity contribution in [2.24, 2.45) is 5.73 Å². The molecular formula is C29H28F2N6O4. The Morgan fingerprint density at radius 3 is 2.17 bits per heavy atom. The number of ether oxygens (including phenoxy) is 2. The molecule has 0 spiro atoms. The minimum atomic E-state index is -1.36. The van der Waals surface area contributed by atoms with Crippen molar-refractivity contribution in [1.82, 2.24) is 15.0 Å². The van der Waals surface area contributed by atoms with Crippen LogP contribution in [0.1, 0.15) is 43.6 Å². The first-order valence-electron chi connectivity index (χ1n) is 12.6. The number of pyridine rings is 1. The van der Waals surface area contributed by atoms with Crippen LogP contribution in [0.3, 0.4) is 0 Å². The molecule has 4 N–H and O–H groups in total. The van der Waals surface area contributed by atoms with Gasteiger partial charge in [-0.15, -0.1) is 0 Å². The summed E-state index contributed by atoms with van der Waals surface area (Å²) in [5.41, 5.74) is 5.50. The van der Waals surface area contributed by atoms with Gasteiger partial charge in [0, 0.05) is 35.6 Å². The number of aromatic carboxylic acids is 1. The number of amidine groups is 1. The maximum Gasteiger partial charge on any atom is 0.339 e. The van der Waals surface area contributed by atoms with Crippen molar-refractivity contribution in [2.45, 2.75) is 39.8 Å². The number of nitrogens with zero attached hydrogens (tertiary/aromatic N) is 4. The average molecular weight is 563 g/mol. The number of carboxylic acid groups (broad SMARTS) is 1. The molecule has 0 unspecified atom stereocenters.